The summed E-state index contributed by atoms with van der Waals surface area (Å²) >= 11 is 0. The van der Waals surface area contributed by atoms with Crippen molar-refractivity contribution >= 4 is 5.91 Å². The lowest BCUT2D eigenvalue weighted by Crippen LogP contribution is -2.32. The summed E-state index contributed by atoms with van der Waals surface area (Å²) in [5.74, 6) is 1.17. The van der Waals surface area contributed by atoms with Gasteiger partial charge in [-0.2, -0.15) is 5.10 Å². The van der Waals surface area contributed by atoms with Gasteiger partial charge in [0.1, 0.15) is 24.7 Å². The largest absolute Gasteiger partial charge is 0.472 e. The molecule has 0 spiro atoms. The van der Waals surface area contributed by atoms with Crippen LogP contribution in [0.5, 0.6) is 5.88 Å². The van der Waals surface area contributed by atoms with Gasteiger partial charge in [0.15, 0.2) is 5.82 Å². The van der Waals surface area contributed by atoms with Gasteiger partial charge >= 0.3 is 0 Å². The minimum Gasteiger partial charge on any atom is -0.472 e. The molecular formula is C17H21N7O3. The highest BCUT2D eigenvalue weighted by Gasteiger charge is 2.17. The van der Waals surface area contributed by atoms with E-state index in [-0.39, 0.29) is 25.1 Å². The Bertz CT molecular complexity index is 889. The number of amides is 1. The van der Waals surface area contributed by atoms with Crippen LogP contribution in [0, 0.1) is 6.92 Å². The third-order valence-electron chi connectivity index (χ3n) is 3.71. The van der Waals surface area contributed by atoms with Crippen molar-refractivity contribution in [2.75, 3.05) is 13.2 Å². The normalized spacial score (nSPS) is 12.0. The molecule has 0 saturated heterocycles. The van der Waals surface area contributed by atoms with Crippen LogP contribution in [0.2, 0.25) is 0 Å². The maximum Gasteiger partial charge on any atom is 0.278 e. The standard InChI is InChI=1S/C17H21N7O3/c1-11(18)16-20-15(13-6-4-3-5-7-13)21-24(16)10-14(25)19-8-9-26-17-12(2)22-27-23-17/h3-7,11H,8-10,18H2,1-2H3,(H,19,25)/t11-/m0/s1. The molecule has 0 aliphatic rings. The zero-order valence-corrected chi connectivity index (χ0v) is 15.1. The van der Waals surface area contributed by atoms with Crippen LogP contribution in [0.15, 0.2) is 35.0 Å². The Balaban J connectivity index is 1.58. The van der Waals surface area contributed by atoms with Gasteiger partial charge in [-0.1, -0.05) is 35.5 Å². The summed E-state index contributed by atoms with van der Waals surface area (Å²) < 4.78 is 11.4. The van der Waals surface area contributed by atoms with E-state index in [2.05, 4.69) is 30.3 Å². The molecule has 10 heteroatoms. The van der Waals surface area contributed by atoms with Gasteiger partial charge in [-0.15, -0.1) is 0 Å². The summed E-state index contributed by atoms with van der Waals surface area (Å²) in [5.41, 5.74) is 7.39. The van der Waals surface area contributed by atoms with Crippen LogP contribution in [0.4, 0.5) is 0 Å². The molecule has 142 valence electrons. The number of ether oxygens (including phenoxy) is 1. The number of rotatable bonds is 8. The zero-order chi connectivity index (χ0) is 19.2. The molecule has 0 fully saturated rings. The first-order chi connectivity index (χ1) is 13.0. The van der Waals surface area contributed by atoms with E-state index in [1.54, 1.807) is 13.8 Å². The number of hydrogen-bond acceptors (Lipinski definition) is 8. The summed E-state index contributed by atoms with van der Waals surface area (Å²) in [6.45, 7) is 4.08. The number of benzene rings is 1. The third-order valence-corrected chi connectivity index (χ3v) is 3.71. The molecule has 10 nitrogen and oxygen atoms in total. The van der Waals surface area contributed by atoms with Crippen molar-refractivity contribution in [2.45, 2.75) is 26.4 Å². The Morgan fingerprint density at radius 2 is 2.11 bits per heavy atom. The van der Waals surface area contributed by atoms with E-state index in [9.17, 15) is 4.79 Å². The van der Waals surface area contributed by atoms with E-state index in [0.29, 0.717) is 29.8 Å². The average molecular weight is 371 g/mol. The summed E-state index contributed by atoms with van der Waals surface area (Å²) in [6.07, 6.45) is 0. The molecule has 1 amide bonds. The third kappa shape index (κ3) is 4.67. The van der Waals surface area contributed by atoms with E-state index in [1.807, 2.05) is 30.3 Å². The van der Waals surface area contributed by atoms with Gasteiger partial charge in [0.05, 0.1) is 12.6 Å². The SMILES string of the molecule is Cc1nonc1OCCNC(=O)Cn1nc(-c2ccccc2)nc1[C@H](C)N. The number of nitrogens with zero attached hydrogens (tertiary/aromatic N) is 5. The Morgan fingerprint density at radius 3 is 2.78 bits per heavy atom. The van der Waals surface area contributed by atoms with Gasteiger partial charge in [-0.25, -0.2) is 14.3 Å². The van der Waals surface area contributed by atoms with Crippen molar-refractivity contribution in [1.82, 2.24) is 30.4 Å². The molecule has 3 rings (SSSR count). The average Bonchev–Trinajstić information content (AvgIpc) is 3.26. The molecule has 0 saturated carbocycles. The fourth-order valence-electron chi connectivity index (χ4n) is 2.40. The second-order valence-corrected chi connectivity index (χ2v) is 5.96. The highest BCUT2D eigenvalue weighted by Crippen LogP contribution is 2.17. The van der Waals surface area contributed by atoms with Crippen molar-refractivity contribution in [3.8, 4) is 17.3 Å². The number of hydrogen-bond donors (Lipinski definition) is 2. The number of carbonyl (C=O) groups excluding carboxylic acids is 1. The van der Waals surface area contributed by atoms with Gasteiger partial charge in [0, 0.05) is 5.56 Å². The molecule has 2 aromatic heterocycles. The van der Waals surface area contributed by atoms with Gasteiger partial charge in [-0.05, 0) is 19.0 Å². The Hall–Kier alpha value is -3.27. The molecule has 3 aromatic rings. The van der Waals surface area contributed by atoms with Crippen molar-refractivity contribution in [3.63, 3.8) is 0 Å². The molecule has 3 N–H and O–H groups in total. The number of aromatic nitrogens is 5. The minimum atomic E-state index is -0.353. The number of nitrogens with two attached hydrogens (primary N) is 1. The molecule has 0 aliphatic carbocycles. The molecule has 1 atom stereocenters. The van der Waals surface area contributed by atoms with E-state index >= 15 is 0 Å². The lowest BCUT2D eigenvalue weighted by Gasteiger charge is -2.09. The maximum atomic E-state index is 12.2. The maximum absolute atomic E-state index is 12.2. The Labute approximate surface area is 155 Å². The van der Waals surface area contributed by atoms with Crippen LogP contribution in [0.1, 0.15) is 24.5 Å². The van der Waals surface area contributed by atoms with Crippen molar-refractivity contribution in [3.05, 3.63) is 41.9 Å². The molecule has 27 heavy (non-hydrogen) atoms. The first-order valence-electron chi connectivity index (χ1n) is 8.49. The summed E-state index contributed by atoms with van der Waals surface area (Å²) in [4.78, 5) is 16.7. The van der Waals surface area contributed by atoms with Gasteiger partial charge in [-0.3, -0.25) is 4.79 Å². The summed E-state index contributed by atoms with van der Waals surface area (Å²) in [7, 11) is 0. The van der Waals surface area contributed by atoms with Gasteiger partial charge in [0.25, 0.3) is 5.88 Å². The first kappa shape index (κ1) is 18.5. The molecule has 0 bridgehead atoms. The first-order valence-corrected chi connectivity index (χ1v) is 8.49. The lowest BCUT2D eigenvalue weighted by atomic mass is 10.2. The van der Waals surface area contributed by atoms with Gasteiger partial charge < -0.3 is 15.8 Å². The van der Waals surface area contributed by atoms with Crippen LogP contribution in [-0.2, 0) is 11.3 Å². The van der Waals surface area contributed by atoms with Gasteiger partial charge in [0.2, 0.25) is 5.91 Å². The van der Waals surface area contributed by atoms with Crippen LogP contribution >= 0.6 is 0 Å². The fourth-order valence-corrected chi connectivity index (χ4v) is 2.40. The minimum absolute atomic E-state index is 0.0151. The van der Waals surface area contributed by atoms with E-state index in [1.165, 1.54) is 4.68 Å². The van der Waals surface area contributed by atoms with E-state index < -0.39 is 0 Å². The Morgan fingerprint density at radius 1 is 1.33 bits per heavy atom. The van der Waals surface area contributed by atoms with Crippen LogP contribution in [0.25, 0.3) is 11.4 Å². The highest BCUT2D eigenvalue weighted by atomic mass is 16.6. The number of aryl methyl sites for hydroxylation is 1. The van der Waals surface area contributed by atoms with Crippen LogP contribution < -0.4 is 15.8 Å². The molecular weight excluding hydrogens is 350 g/mol. The number of nitrogens with one attached hydrogen (secondary N) is 1. The fraction of sp³-hybridized carbons (Fsp3) is 0.353. The predicted octanol–water partition coefficient (Wildman–Crippen LogP) is 0.851. The van der Waals surface area contributed by atoms with Crippen LogP contribution in [-0.4, -0.2) is 44.1 Å². The van der Waals surface area contributed by atoms with Crippen molar-refractivity contribution < 1.29 is 14.2 Å². The zero-order valence-electron chi connectivity index (χ0n) is 15.1. The molecule has 0 aliphatic heterocycles. The molecule has 1 aromatic carbocycles. The van der Waals surface area contributed by atoms with Crippen molar-refractivity contribution in [1.29, 1.82) is 0 Å². The number of carbonyl (C=O) groups is 1. The molecule has 0 unspecified atom stereocenters. The monoisotopic (exact) mass is 371 g/mol. The summed E-state index contributed by atoms with van der Waals surface area (Å²) in [6, 6.07) is 9.18. The smallest absolute Gasteiger partial charge is 0.278 e. The van der Waals surface area contributed by atoms with Crippen molar-refractivity contribution in [2.24, 2.45) is 5.73 Å². The van der Waals surface area contributed by atoms with E-state index in [0.717, 1.165) is 5.56 Å². The highest BCUT2D eigenvalue weighted by molar-refractivity contribution is 5.75. The Kier molecular flexibility index (Phi) is 5.77. The quantitative estimate of drug-likeness (QED) is 0.557. The second-order valence-electron chi connectivity index (χ2n) is 5.96. The lowest BCUT2D eigenvalue weighted by molar-refractivity contribution is -0.122. The second kappa shape index (κ2) is 8.41. The molecule has 2 heterocycles. The predicted molar refractivity (Wildman–Crippen MR) is 95.6 cm³/mol. The summed E-state index contributed by atoms with van der Waals surface area (Å²) in [5, 5.41) is 14.4. The van der Waals surface area contributed by atoms with Crippen LogP contribution in [0.3, 0.4) is 0 Å². The topological polar surface area (TPSA) is 134 Å². The van der Waals surface area contributed by atoms with E-state index in [4.69, 9.17) is 10.5 Å². The molecule has 0 radical (unpaired) electrons.